The maximum absolute atomic E-state index is 12.5. The molecule has 0 saturated carbocycles. The van der Waals surface area contributed by atoms with Crippen LogP contribution in [-0.2, 0) is 12.8 Å². The maximum atomic E-state index is 12.5. The van der Waals surface area contributed by atoms with Crippen molar-refractivity contribution in [2.45, 2.75) is 38.7 Å². The van der Waals surface area contributed by atoms with Crippen molar-refractivity contribution in [2.24, 2.45) is 0 Å². The fourth-order valence-electron chi connectivity index (χ4n) is 3.17. The first-order valence-corrected chi connectivity index (χ1v) is 9.81. The summed E-state index contributed by atoms with van der Waals surface area (Å²) in [6.07, 6.45) is 6.98. The Kier molecular flexibility index (Phi) is 7.06. The number of hydrogen-bond acceptors (Lipinski definition) is 5. The number of amides is 2. The van der Waals surface area contributed by atoms with Crippen molar-refractivity contribution in [1.82, 2.24) is 20.2 Å². The molecule has 1 aliphatic rings. The summed E-state index contributed by atoms with van der Waals surface area (Å²) in [7, 11) is 1.65. The quantitative estimate of drug-likeness (QED) is 0.794. The number of ether oxygens (including phenoxy) is 2. The molecule has 150 valence electrons. The Morgan fingerprint density at radius 2 is 1.96 bits per heavy atom. The fraction of sp³-hybridized carbons (Fsp3) is 0.476. The molecule has 1 aromatic heterocycles. The van der Waals surface area contributed by atoms with Gasteiger partial charge >= 0.3 is 12.0 Å². The molecule has 3 rings (SSSR count). The highest BCUT2D eigenvalue weighted by atomic mass is 16.5. The van der Waals surface area contributed by atoms with Gasteiger partial charge in [0, 0.05) is 25.5 Å². The Morgan fingerprint density at radius 3 is 2.64 bits per heavy atom. The number of rotatable bonds is 7. The van der Waals surface area contributed by atoms with Gasteiger partial charge in [0.05, 0.1) is 13.7 Å². The normalized spacial score (nSPS) is 16.5. The van der Waals surface area contributed by atoms with E-state index in [1.807, 2.05) is 29.2 Å². The molecule has 7 nitrogen and oxygen atoms in total. The Balaban J connectivity index is 1.44. The molecule has 0 aliphatic carbocycles. The molecule has 1 atom stereocenters. The van der Waals surface area contributed by atoms with Crippen LogP contribution < -0.4 is 14.8 Å². The number of aromatic nitrogens is 2. The molecule has 1 aromatic carbocycles. The summed E-state index contributed by atoms with van der Waals surface area (Å²) in [5.74, 6) is 0.834. The Bertz CT molecular complexity index is 749. The number of methoxy groups -OCH3 is 1. The van der Waals surface area contributed by atoms with Gasteiger partial charge in [0.2, 0.25) is 0 Å². The third-order valence-corrected chi connectivity index (χ3v) is 4.88. The van der Waals surface area contributed by atoms with Gasteiger partial charge < -0.3 is 19.7 Å². The molecule has 0 spiro atoms. The molecule has 0 bridgehead atoms. The van der Waals surface area contributed by atoms with Crippen molar-refractivity contribution in [1.29, 1.82) is 0 Å². The second kappa shape index (κ2) is 9.92. The number of nitrogens with one attached hydrogen (secondary N) is 1. The largest absolute Gasteiger partial charge is 0.497 e. The number of aryl methyl sites for hydroxylation is 1. The number of hydrogen-bond donors (Lipinski definition) is 1. The zero-order valence-electron chi connectivity index (χ0n) is 16.6. The van der Waals surface area contributed by atoms with E-state index >= 15 is 0 Å². The van der Waals surface area contributed by atoms with Crippen LogP contribution in [0.1, 0.15) is 30.9 Å². The van der Waals surface area contributed by atoms with Gasteiger partial charge in [0.15, 0.2) is 0 Å². The maximum Gasteiger partial charge on any atom is 0.317 e. The van der Waals surface area contributed by atoms with E-state index < -0.39 is 0 Å². The van der Waals surface area contributed by atoms with Crippen LogP contribution in [0.25, 0.3) is 0 Å². The number of piperidine rings is 1. The molecule has 2 amide bonds. The van der Waals surface area contributed by atoms with E-state index in [0.717, 1.165) is 49.1 Å². The Labute approximate surface area is 166 Å². The zero-order chi connectivity index (χ0) is 19.8. The summed E-state index contributed by atoms with van der Waals surface area (Å²) in [6, 6.07) is 8.21. The molecule has 7 heteroatoms. The zero-order valence-corrected chi connectivity index (χ0v) is 16.6. The van der Waals surface area contributed by atoms with Crippen LogP contribution in [0.2, 0.25) is 0 Å². The number of nitrogens with zero attached hydrogens (tertiary/aromatic N) is 3. The van der Waals surface area contributed by atoms with Gasteiger partial charge in [-0.25, -0.2) is 14.8 Å². The molecule has 2 heterocycles. The van der Waals surface area contributed by atoms with Crippen molar-refractivity contribution >= 4 is 6.03 Å². The first kappa shape index (κ1) is 19.9. The van der Waals surface area contributed by atoms with E-state index in [1.165, 1.54) is 0 Å². The van der Waals surface area contributed by atoms with Crippen LogP contribution in [0.5, 0.6) is 11.8 Å². The predicted octanol–water partition coefficient (Wildman–Crippen LogP) is 2.84. The first-order valence-electron chi connectivity index (χ1n) is 9.81. The summed E-state index contributed by atoms with van der Waals surface area (Å²) in [5, 5.41) is 3.00. The van der Waals surface area contributed by atoms with Crippen LogP contribution in [-0.4, -0.2) is 53.7 Å². The van der Waals surface area contributed by atoms with Gasteiger partial charge in [-0.1, -0.05) is 19.1 Å². The minimum Gasteiger partial charge on any atom is -0.497 e. The SMILES string of the molecule is CCc1cnc(OC2CCCN(C(=O)NCCc3ccc(OC)cc3)C2)nc1. The van der Waals surface area contributed by atoms with Crippen molar-refractivity contribution < 1.29 is 14.3 Å². The lowest BCUT2D eigenvalue weighted by Crippen LogP contribution is -2.49. The van der Waals surface area contributed by atoms with Crippen molar-refractivity contribution in [3.63, 3.8) is 0 Å². The van der Waals surface area contributed by atoms with Crippen LogP contribution in [0.15, 0.2) is 36.7 Å². The third kappa shape index (κ3) is 5.58. The number of urea groups is 1. The highest BCUT2D eigenvalue weighted by molar-refractivity contribution is 5.74. The molecule has 1 unspecified atom stereocenters. The van der Waals surface area contributed by atoms with E-state index in [-0.39, 0.29) is 12.1 Å². The van der Waals surface area contributed by atoms with Crippen LogP contribution >= 0.6 is 0 Å². The van der Waals surface area contributed by atoms with Gasteiger partial charge in [0.25, 0.3) is 0 Å². The van der Waals surface area contributed by atoms with E-state index in [2.05, 4.69) is 22.2 Å². The lowest BCUT2D eigenvalue weighted by Gasteiger charge is -2.32. The first-order chi connectivity index (χ1) is 13.7. The van der Waals surface area contributed by atoms with Gasteiger partial charge in [-0.3, -0.25) is 0 Å². The molecule has 1 aliphatic heterocycles. The monoisotopic (exact) mass is 384 g/mol. The molecule has 0 radical (unpaired) electrons. The second-order valence-electron chi connectivity index (χ2n) is 6.89. The lowest BCUT2D eigenvalue weighted by atomic mass is 10.1. The van der Waals surface area contributed by atoms with E-state index in [9.17, 15) is 4.79 Å². The molecular formula is C21H28N4O3. The standard InChI is InChI=1S/C21H28N4O3/c1-3-16-13-23-20(24-14-16)28-19-5-4-12-25(15-19)21(26)22-11-10-17-6-8-18(27-2)9-7-17/h6-9,13-14,19H,3-5,10-12,15H2,1-2H3,(H,22,26). The minimum absolute atomic E-state index is 0.0518. The average Bonchev–Trinajstić information content (AvgIpc) is 2.75. The molecule has 1 N–H and O–H groups in total. The van der Waals surface area contributed by atoms with Crippen LogP contribution in [0.3, 0.4) is 0 Å². The van der Waals surface area contributed by atoms with Crippen molar-refractivity contribution in [3.05, 3.63) is 47.8 Å². The summed E-state index contributed by atoms with van der Waals surface area (Å²) in [5.41, 5.74) is 2.24. The summed E-state index contributed by atoms with van der Waals surface area (Å²) >= 11 is 0. The van der Waals surface area contributed by atoms with E-state index in [0.29, 0.717) is 19.1 Å². The number of benzene rings is 1. The van der Waals surface area contributed by atoms with E-state index in [4.69, 9.17) is 9.47 Å². The number of likely N-dealkylation sites (tertiary alicyclic amines) is 1. The highest BCUT2D eigenvalue weighted by Gasteiger charge is 2.25. The predicted molar refractivity (Wildman–Crippen MR) is 107 cm³/mol. The molecule has 2 aromatic rings. The van der Waals surface area contributed by atoms with Gasteiger partial charge in [-0.2, -0.15) is 0 Å². The summed E-state index contributed by atoms with van der Waals surface area (Å²) < 4.78 is 11.0. The summed E-state index contributed by atoms with van der Waals surface area (Å²) in [6.45, 7) is 3.94. The Morgan fingerprint density at radius 1 is 1.21 bits per heavy atom. The third-order valence-electron chi connectivity index (χ3n) is 4.88. The number of carbonyl (C=O) groups is 1. The molecule has 28 heavy (non-hydrogen) atoms. The highest BCUT2D eigenvalue weighted by Crippen LogP contribution is 2.16. The molecule has 1 fully saturated rings. The minimum atomic E-state index is -0.0754. The van der Waals surface area contributed by atoms with Gasteiger partial charge in [0.1, 0.15) is 11.9 Å². The Hall–Kier alpha value is -2.83. The van der Waals surface area contributed by atoms with E-state index in [1.54, 1.807) is 19.5 Å². The second-order valence-corrected chi connectivity index (χ2v) is 6.89. The fourth-order valence-corrected chi connectivity index (χ4v) is 3.17. The molecule has 1 saturated heterocycles. The number of carbonyl (C=O) groups excluding carboxylic acids is 1. The lowest BCUT2D eigenvalue weighted by molar-refractivity contribution is 0.0939. The van der Waals surface area contributed by atoms with Crippen molar-refractivity contribution in [3.8, 4) is 11.8 Å². The van der Waals surface area contributed by atoms with Gasteiger partial charge in [-0.15, -0.1) is 0 Å². The smallest absolute Gasteiger partial charge is 0.317 e. The van der Waals surface area contributed by atoms with Crippen molar-refractivity contribution in [2.75, 3.05) is 26.7 Å². The van der Waals surface area contributed by atoms with Crippen LogP contribution in [0, 0.1) is 0 Å². The van der Waals surface area contributed by atoms with Crippen LogP contribution in [0.4, 0.5) is 4.79 Å². The van der Waals surface area contributed by atoms with Gasteiger partial charge in [-0.05, 0) is 48.9 Å². The average molecular weight is 384 g/mol. The summed E-state index contributed by atoms with van der Waals surface area (Å²) in [4.78, 5) is 22.8. The molecular weight excluding hydrogens is 356 g/mol. The topological polar surface area (TPSA) is 76.6 Å².